The molecule has 1 N–H and O–H groups in total. The van der Waals surface area contributed by atoms with Crippen molar-refractivity contribution in [1.82, 2.24) is 5.32 Å². The van der Waals surface area contributed by atoms with E-state index >= 15 is 0 Å². The Labute approximate surface area is 132 Å². The van der Waals surface area contributed by atoms with E-state index in [1.807, 2.05) is 31.7 Å². The Balaban J connectivity index is 1.91. The van der Waals surface area contributed by atoms with Crippen LogP contribution in [0, 0.1) is 0 Å². The molecule has 0 radical (unpaired) electrons. The second-order valence-electron chi connectivity index (χ2n) is 5.90. The van der Waals surface area contributed by atoms with Crippen LogP contribution in [0.3, 0.4) is 0 Å². The van der Waals surface area contributed by atoms with Crippen LogP contribution >= 0.6 is 11.8 Å². The molecule has 1 fully saturated rings. The summed E-state index contributed by atoms with van der Waals surface area (Å²) in [4.78, 5) is 0. The zero-order valence-corrected chi connectivity index (χ0v) is 14.3. The summed E-state index contributed by atoms with van der Waals surface area (Å²) in [6, 6.07) is 6.86. The van der Waals surface area contributed by atoms with Crippen molar-refractivity contribution in [3.05, 3.63) is 23.8 Å². The van der Waals surface area contributed by atoms with Gasteiger partial charge in [0.25, 0.3) is 0 Å². The fourth-order valence-electron chi connectivity index (χ4n) is 2.78. The van der Waals surface area contributed by atoms with Crippen LogP contribution in [0.25, 0.3) is 0 Å². The van der Waals surface area contributed by atoms with Gasteiger partial charge >= 0.3 is 0 Å². The SMILES string of the molecule is COc1cc(CNC2CCC(SC)C2)ccc1OC(C)C. The zero-order valence-electron chi connectivity index (χ0n) is 13.5. The minimum Gasteiger partial charge on any atom is -0.493 e. The smallest absolute Gasteiger partial charge is 0.161 e. The molecule has 1 aromatic carbocycles. The highest BCUT2D eigenvalue weighted by molar-refractivity contribution is 7.99. The first kappa shape index (κ1) is 16.5. The van der Waals surface area contributed by atoms with E-state index in [9.17, 15) is 0 Å². The first-order valence-corrected chi connectivity index (χ1v) is 9.01. The second-order valence-corrected chi connectivity index (χ2v) is 7.04. The number of ether oxygens (including phenoxy) is 2. The fraction of sp³-hybridized carbons (Fsp3) is 0.647. The van der Waals surface area contributed by atoms with Gasteiger partial charge in [-0.15, -0.1) is 0 Å². The standard InChI is InChI=1S/C17H27NO2S/c1-12(2)20-16-8-5-13(9-17(16)19-3)11-18-14-6-7-15(10-14)21-4/h5,8-9,12,14-15,18H,6-7,10-11H2,1-4H3. The first-order valence-electron chi connectivity index (χ1n) is 7.72. The maximum Gasteiger partial charge on any atom is 0.161 e. The average molecular weight is 309 g/mol. The van der Waals surface area contributed by atoms with Crippen molar-refractivity contribution in [3.63, 3.8) is 0 Å². The van der Waals surface area contributed by atoms with Crippen molar-refractivity contribution >= 4 is 11.8 Å². The van der Waals surface area contributed by atoms with Crippen molar-refractivity contribution in [2.24, 2.45) is 0 Å². The van der Waals surface area contributed by atoms with Crippen molar-refractivity contribution in [3.8, 4) is 11.5 Å². The molecule has 21 heavy (non-hydrogen) atoms. The minimum atomic E-state index is 0.157. The Kier molecular flexibility index (Phi) is 6.24. The summed E-state index contributed by atoms with van der Waals surface area (Å²) in [6.07, 6.45) is 6.28. The predicted molar refractivity (Wildman–Crippen MR) is 90.5 cm³/mol. The van der Waals surface area contributed by atoms with Crippen LogP contribution < -0.4 is 14.8 Å². The van der Waals surface area contributed by atoms with Gasteiger partial charge < -0.3 is 14.8 Å². The van der Waals surface area contributed by atoms with Crippen molar-refractivity contribution in [2.75, 3.05) is 13.4 Å². The molecule has 2 rings (SSSR count). The topological polar surface area (TPSA) is 30.5 Å². The van der Waals surface area contributed by atoms with Gasteiger partial charge in [-0.3, -0.25) is 0 Å². The van der Waals surface area contributed by atoms with E-state index in [1.54, 1.807) is 7.11 Å². The highest BCUT2D eigenvalue weighted by atomic mass is 32.2. The van der Waals surface area contributed by atoms with Crippen LogP contribution in [-0.4, -0.2) is 30.8 Å². The average Bonchev–Trinajstić information content (AvgIpc) is 2.93. The Morgan fingerprint density at radius 1 is 1.29 bits per heavy atom. The summed E-state index contributed by atoms with van der Waals surface area (Å²) in [5, 5.41) is 4.50. The van der Waals surface area contributed by atoms with Crippen LogP contribution in [0.1, 0.15) is 38.7 Å². The number of rotatable bonds is 7. The Morgan fingerprint density at radius 2 is 2.10 bits per heavy atom. The van der Waals surface area contributed by atoms with Gasteiger partial charge in [-0.05, 0) is 57.1 Å². The molecular weight excluding hydrogens is 282 g/mol. The van der Waals surface area contributed by atoms with E-state index in [1.165, 1.54) is 24.8 Å². The van der Waals surface area contributed by atoms with E-state index < -0.39 is 0 Å². The second kappa shape index (κ2) is 7.95. The van der Waals surface area contributed by atoms with Gasteiger partial charge in [-0.1, -0.05) is 6.07 Å². The number of methoxy groups -OCH3 is 1. The maximum atomic E-state index is 5.75. The van der Waals surface area contributed by atoms with E-state index in [0.29, 0.717) is 6.04 Å². The molecule has 0 saturated heterocycles. The number of benzene rings is 1. The lowest BCUT2D eigenvalue weighted by molar-refractivity contribution is 0.230. The normalized spacial score (nSPS) is 21.8. The molecule has 0 amide bonds. The molecule has 0 spiro atoms. The molecule has 2 unspecified atom stereocenters. The molecule has 2 atom stereocenters. The summed E-state index contributed by atoms with van der Waals surface area (Å²) >= 11 is 1.99. The predicted octanol–water partition coefficient (Wildman–Crippen LogP) is 3.86. The third kappa shape index (κ3) is 4.82. The van der Waals surface area contributed by atoms with Gasteiger partial charge in [-0.25, -0.2) is 0 Å². The van der Waals surface area contributed by atoms with E-state index in [-0.39, 0.29) is 6.10 Å². The lowest BCUT2D eigenvalue weighted by Gasteiger charge is -2.16. The molecule has 1 aliphatic carbocycles. The number of nitrogens with one attached hydrogen (secondary N) is 1. The van der Waals surface area contributed by atoms with Crippen LogP contribution in [-0.2, 0) is 6.54 Å². The van der Waals surface area contributed by atoms with Crippen LogP contribution in [0.2, 0.25) is 0 Å². The van der Waals surface area contributed by atoms with Gasteiger partial charge in [0, 0.05) is 17.8 Å². The Morgan fingerprint density at radius 3 is 2.71 bits per heavy atom. The third-order valence-electron chi connectivity index (χ3n) is 3.90. The summed E-state index contributed by atoms with van der Waals surface area (Å²) < 4.78 is 11.2. The van der Waals surface area contributed by atoms with Gasteiger partial charge in [-0.2, -0.15) is 11.8 Å². The van der Waals surface area contributed by atoms with E-state index in [2.05, 4.69) is 23.7 Å². The molecule has 1 aromatic rings. The fourth-order valence-corrected chi connectivity index (χ4v) is 3.57. The van der Waals surface area contributed by atoms with Gasteiger partial charge in [0.1, 0.15) is 0 Å². The Bertz CT molecular complexity index is 450. The number of hydrogen-bond donors (Lipinski definition) is 1. The summed E-state index contributed by atoms with van der Waals surface area (Å²) in [5.41, 5.74) is 1.25. The minimum absolute atomic E-state index is 0.157. The quantitative estimate of drug-likeness (QED) is 0.828. The van der Waals surface area contributed by atoms with Crippen LogP contribution in [0.4, 0.5) is 0 Å². The Hall–Kier alpha value is -0.870. The lowest BCUT2D eigenvalue weighted by Crippen LogP contribution is -2.26. The maximum absolute atomic E-state index is 5.75. The summed E-state index contributed by atoms with van der Waals surface area (Å²) in [7, 11) is 1.69. The molecule has 3 nitrogen and oxygen atoms in total. The monoisotopic (exact) mass is 309 g/mol. The molecule has 4 heteroatoms. The number of thioether (sulfide) groups is 1. The largest absolute Gasteiger partial charge is 0.493 e. The van der Waals surface area contributed by atoms with Crippen molar-refractivity contribution in [1.29, 1.82) is 0 Å². The van der Waals surface area contributed by atoms with E-state index in [4.69, 9.17) is 9.47 Å². The third-order valence-corrected chi connectivity index (χ3v) is 5.00. The van der Waals surface area contributed by atoms with E-state index in [0.717, 1.165) is 23.3 Å². The molecule has 1 aliphatic rings. The van der Waals surface area contributed by atoms with Gasteiger partial charge in [0.15, 0.2) is 11.5 Å². The molecule has 0 aromatic heterocycles. The van der Waals surface area contributed by atoms with Gasteiger partial charge in [0.2, 0.25) is 0 Å². The van der Waals surface area contributed by atoms with Crippen molar-refractivity contribution < 1.29 is 9.47 Å². The van der Waals surface area contributed by atoms with Crippen molar-refractivity contribution in [2.45, 2.75) is 57.1 Å². The highest BCUT2D eigenvalue weighted by Crippen LogP contribution is 2.30. The first-order chi connectivity index (χ1) is 10.1. The molecule has 0 aliphatic heterocycles. The molecule has 1 saturated carbocycles. The molecule has 118 valence electrons. The number of hydrogen-bond acceptors (Lipinski definition) is 4. The lowest BCUT2D eigenvalue weighted by atomic mass is 10.1. The zero-order chi connectivity index (χ0) is 15.2. The molecular formula is C17H27NO2S. The molecule has 0 heterocycles. The molecule has 0 bridgehead atoms. The summed E-state index contributed by atoms with van der Waals surface area (Å²) in [5.74, 6) is 1.64. The summed E-state index contributed by atoms with van der Waals surface area (Å²) in [6.45, 7) is 4.94. The highest BCUT2D eigenvalue weighted by Gasteiger charge is 2.23. The van der Waals surface area contributed by atoms with Crippen LogP contribution in [0.5, 0.6) is 11.5 Å². The van der Waals surface area contributed by atoms with Crippen LogP contribution in [0.15, 0.2) is 18.2 Å². The van der Waals surface area contributed by atoms with Gasteiger partial charge in [0.05, 0.1) is 13.2 Å².